The third kappa shape index (κ3) is 3.11. The Kier molecular flexibility index (Phi) is 3.80. The van der Waals surface area contributed by atoms with Crippen molar-refractivity contribution in [1.29, 1.82) is 0 Å². The van der Waals surface area contributed by atoms with Gasteiger partial charge in [-0.15, -0.1) is 0 Å². The van der Waals surface area contributed by atoms with Gasteiger partial charge in [0, 0.05) is 22.6 Å². The number of nitrogens with zero attached hydrogens (tertiary/aromatic N) is 4. The molecule has 0 fully saturated rings. The molecule has 1 aromatic heterocycles. The zero-order chi connectivity index (χ0) is 13.7. The quantitative estimate of drug-likeness (QED) is 0.497. The van der Waals surface area contributed by atoms with Crippen molar-refractivity contribution in [2.24, 2.45) is 5.11 Å². The normalized spacial score (nSPS) is 9.74. The van der Waals surface area contributed by atoms with Gasteiger partial charge in [-0.05, 0) is 28.8 Å². The van der Waals surface area contributed by atoms with Gasteiger partial charge in [0.2, 0.25) is 5.91 Å². The van der Waals surface area contributed by atoms with Gasteiger partial charge in [-0.2, -0.15) is 5.10 Å². The van der Waals surface area contributed by atoms with Gasteiger partial charge in [-0.3, -0.25) is 9.89 Å². The van der Waals surface area contributed by atoms with Crippen LogP contribution in [0.25, 0.3) is 21.7 Å². The third-order valence-electron chi connectivity index (χ3n) is 2.50. The van der Waals surface area contributed by atoms with Gasteiger partial charge in [0.25, 0.3) is 0 Å². The summed E-state index contributed by atoms with van der Waals surface area (Å²) in [6, 6.07) is 8.91. The van der Waals surface area contributed by atoms with Crippen molar-refractivity contribution in [3.05, 3.63) is 40.8 Å². The highest BCUT2D eigenvalue weighted by molar-refractivity contribution is 5.90. The van der Waals surface area contributed by atoms with E-state index in [9.17, 15) is 4.79 Å². The number of carbonyl (C=O) groups is 1. The molecule has 0 radical (unpaired) electrons. The van der Waals surface area contributed by atoms with E-state index in [4.69, 9.17) is 5.53 Å². The van der Waals surface area contributed by atoms with E-state index in [1.807, 2.05) is 12.1 Å². The number of hydrogen-bond acceptors (Lipinski definition) is 3. The largest absolute Gasteiger partial charge is 0.326 e. The fourth-order valence-corrected chi connectivity index (χ4v) is 1.53. The molecule has 0 aliphatic rings. The van der Waals surface area contributed by atoms with Crippen molar-refractivity contribution in [2.45, 2.75) is 13.3 Å². The minimum absolute atomic E-state index is 0.0295. The number of amides is 1. The van der Waals surface area contributed by atoms with Crippen LogP contribution in [0.3, 0.4) is 0 Å². The number of azide groups is 1. The van der Waals surface area contributed by atoms with Crippen LogP contribution in [0, 0.1) is 0 Å². The molecule has 1 amide bonds. The van der Waals surface area contributed by atoms with E-state index in [0.717, 1.165) is 11.3 Å². The Hall–Kier alpha value is -2.79. The first-order valence-corrected chi connectivity index (χ1v) is 5.73. The van der Waals surface area contributed by atoms with Crippen LogP contribution in [0.1, 0.15) is 13.3 Å². The summed E-state index contributed by atoms with van der Waals surface area (Å²) in [7, 11) is 0. The second-order valence-electron chi connectivity index (χ2n) is 3.81. The highest BCUT2D eigenvalue weighted by Gasteiger charge is 2.04. The van der Waals surface area contributed by atoms with Gasteiger partial charge < -0.3 is 5.32 Å². The first-order chi connectivity index (χ1) is 9.22. The Morgan fingerprint density at radius 2 is 2.21 bits per heavy atom. The number of hydrogen-bond donors (Lipinski definition) is 2. The van der Waals surface area contributed by atoms with Crippen molar-refractivity contribution in [2.75, 3.05) is 5.32 Å². The van der Waals surface area contributed by atoms with Crippen LogP contribution in [0.15, 0.2) is 35.4 Å². The standard InChI is InChI=1S/C12H12N6O/c1-2-12(19)14-9-5-3-8(4-6-9)10-7-11(16-15-10)17-18-13/h3-7H,2H2,1H3,(H,14,19)(H,15,16). The van der Waals surface area contributed by atoms with Gasteiger partial charge in [-0.25, -0.2) is 0 Å². The van der Waals surface area contributed by atoms with Crippen molar-refractivity contribution < 1.29 is 4.79 Å². The number of anilines is 1. The number of aromatic nitrogens is 2. The molecule has 1 heterocycles. The molecule has 1 aromatic carbocycles. The van der Waals surface area contributed by atoms with Crippen molar-refractivity contribution in [1.82, 2.24) is 10.2 Å². The molecule has 0 aliphatic heterocycles. The summed E-state index contributed by atoms with van der Waals surface area (Å²) in [5.74, 6) is 0.332. The number of rotatable bonds is 4. The van der Waals surface area contributed by atoms with Crippen LogP contribution in [0.5, 0.6) is 0 Å². The van der Waals surface area contributed by atoms with E-state index in [2.05, 4.69) is 25.5 Å². The lowest BCUT2D eigenvalue weighted by molar-refractivity contribution is -0.115. The summed E-state index contributed by atoms with van der Waals surface area (Å²) in [6.45, 7) is 1.80. The molecule has 7 heteroatoms. The van der Waals surface area contributed by atoms with Crippen LogP contribution < -0.4 is 5.32 Å². The highest BCUT2D eigenvalue weighted by atomic mass is 16.1. The van der Waals surface area contributed by atoms with Crippen LogP contribution in [-0.4, -0.2) is 16.1 Å². The second kappa shape index (κ2) is 5.70. The molecular formula is C12H12N6O. The van der Waals surface area contributed by atoms with Crippen LogP contribution in [0.2, 0.25) is 0 Å². The average Bonchev–Trinajstić information content (AvgIpc) is 2.88. The molecule has 0 atom stereocenters. The summed E-state index contributed by atoms with van der Waals surface area (Å²) in [4.78, 5) is 13.9. The predicted octanol–water partition coefficient (Wildman–Crippen LogP) is 3.37. The van der Waals surface area contributed by atoms with Crippen LogP contribution in [-0.2, 0) is 4.79 Å². The third-order valence-corrected chi connectivity index (χ3v) is 2.50. The molecule has 96 valence electrons. The zero-order valence-electron chi connectivity index (χ0n) is 10.3. The zero-order valence-corrected chi connectivity index (χ0v) is 10.3. The van der Waals surface area contributed by atoms with Gasteiger partial charge in [-0.1, -0.05) is 19.1 Å². The summed E-state index contributed by atoms with van der Waals surface area (Å²) in [5.41, 5.74) is 10.6. The van der Waals surface area contributed by atoms with Gasteiger partial charge >= 0.3 is 0 Å². The Morgan fingerprint density at radius 3 is 2.84 bits per heavy atom. The van der Waals surface area contributed by atoms with Crippen molar-refractivity contribution in [3.63, 3.8) is 0 Å². The molecule has 0 unspecified atom stereocenters. The van der Waals surface area contributed by atoms with Crippen molar-refractivity contribution >= 4 is 17.4 Å². The summed E-state index contributed by atoms with van der Waals surface area (Å²) in [6.07, 6.45) is 0.441. The molecule has 2 N–H and O–H groups in total. The molecule has 0 aliphatic carbocycles. The maximum atomic E-state index is 11.2. The number of benzene rings is 1. The minimum Gasteiger partial charge on any atom is -0.326 e. The lowest BCUT2D eigenvalue weighted by Gasteiger charge is -2.03. The molecule has 0 spiro atoms. The second-order valence-corrected chi connectivity index (χ2v) is 3.81. The fraction of sp³-hybridized carbons (Fsp3) is 0.167. The van der Waals surface area contributed by atoms with E-state index < -0.39 is 0 Å². The molecule has 0 saturated heterocycles. The lowest BCUT2D eigenvalue weighted by Crippen LogP contribution is -2.08. The predicted molar refractivity (Wildman–Crippen MR) is 71.8 cm³/mol. The van der Waals surface area contributed by atoms with E-state index in [1.165, 1.54) is 0 Å². The maximum absolute atomic E-state index is 11.2. The molecule has 2 rings (SSSR count). The fourth-order valence-electron chi connectivity index (χ4n) is 1.53. The SMILES string of the molecule is CCC(=O)Nc1ccc(-c2cc(N=[N+]=[N-])[nH]n2)cc1. The minimum atomic E-state index is -0.0295. The molecule has 0 bridgehead atoms. The number of nitrogens with one attached hydrogen (secondary N) is 2. The summed E-state index contributed by atoms with van der Waals surface area (Å²) < 4.78 is 0. The van der Waals surface area contributed by atoms with E-state index in [1.54, 1.807) is 25.1 Å². The highest BCUT2D eigenvalue weighted by Crippen LogP contribution is 2.22. The molecular weight excluding hydrogens is 244 g/mol. The van der Waals surface area contributed by atoms with Crippen LogP contribution >= 0.6 is 0 Å². The number of carbonyl (C=O) groups excluding carboxylic acids is 1. The smallest absolute Gasteiger partial charge is 0.224 e. The molecule has 2 aromatic rings. The summed E-state index contributed by atoms with van der Waals surface area (Å²) >= 11 is 0. The monoisotopic (exact) mass is 256 g/mol. The molecule has 19 heavy (non-hydrogen) atoms. The van der Waals surface area contributed by atoms with E-state index in [-0.39, 0.29) is 5.91 Å². The van der Waals surface area contributed by atoms with Crippen LogP contribution in [0.4, 0.5) is 11.5 Å². The van der Waals surface area contributed by atoms with Gasteiger partial charge in [0.15, 0.2) is 0 Å². The van der Waals surface area contributed by atoms with Crippen molar-refractivity contribution in [3.8, 4) is 11.3 Å². The number of aromatic amines is 1. The Morgan fingerprint density at radius 1 is 1.47 bits per heavy atom. The van der Waals surface area contributed by atoms with E-state index in [0.29, 0.717) is 17.9 Å². The molecule has 0 saturated carbocycles. The van der Waals surface area contributed by atoms with Gasteiger partial charge in [0.05, 0.1) is 5.69 Å². The average molecular weight is 256 g/mol. The Labute approximate surface area is 109 Å². The topological polar surface area (TPSA) is 107 Å². The van der Waals surface area contributed by atoms with Gasteiger partial charge in [0.1, 0.15) is 5.82 Å². The van der Waals surface area contributed by atoms with E-state index >= 15 is 0 Å². The Bertz CT molecular complexity index is 624. The molecule has 7 nitrogen and oxygen atoms in total. The first-order valence-electron chi connectivity index (χ1n) is 5.73. The number of H-pyrrole nitrogens is 1. The Balaban J connectivity index is 2.17. The maximum Gasteiger partial charge on any atom is 0.224 e. The summed E-state index contributed by atoms with van der Waals surface area (Å²) in [5, 5.41) is 12.8. The first kappa shape index (κ1) is 12.7. The lowest BCUT2D eigenvalue weighted by atomic mass is 10.1.